The zero-order chi connectivity index (χ0) is 29.8. The van der Waals surface area contributed by atoms with Crippen LogP contribution < -0.4 is 0 Å². The number of nitrogens with zero attached hydrogens (tertiary/aromatic N) is 1. The van der Waals surface area contributed by atoms with Gasteiger partial charge in [0.05, 0.1) is 0 Å². The van der Waals surface area contributed by atoms with Gasteiger partial charge in [-0.1, -0.05) is 99.6 Å². The van der Waals surface area contributed by atoms with E-state index in [1.807, 2.05) is 47.7 Å². The van der Waals surface area contributed by atoms with Gasteiger partial charge >= 0.3 is 0 Å². The summed E-state index contributed by atoms with van der Waals surface area (Å²) in [5, 5.41) is 14.9. The number of carbonyl (C=O) groups excluding carboxylic acids is 1. The van der Waals surface area contributed by atoms with Crippen LogP contribution in [0.25, 0.3) is 32.8 Å². The van der Waals surface area contributed by atoms with Gasteiger partial charge in [0.2, 0.25) is 0 Å². The Balaban J connectivity index is 0.000000320. The number of pyridine rings is 1. The molecule has 1 heterocycles. The van der Waals surface area contributed by atoms with Crippen LogP contribution in [0.4, 0.5) is 0 Å². The van der Waals surface area contributed by atoms with Gasteiger partial charge in [-0.25, -0.2) is 0 Å². The van der Waals surface area contributed by atoms with Crippen LogP contribution in [0.1, 0.15) is 90.8 Å². The first-order valence-corrected chi connectivity index (χ1v) is 14.5. The van der Waals surface area contributed by atoms with Crippen LogP contribution in [0.5, 0.6) is 0 Å². The first-order valence-electron chi connectivity index (χ1n) is 14.5. The van der Waals surface area contributed by atoms with Crippen LogP contribution >= 0.6 is 0 Å². The number of aromatic nitrogens is 1. The molecule has 4 heteroatoms. The summed E-state index contributed by atoms with van der Waals surface area (Å²) in [5.41, 5.74) is 5.20. The second-order valence-electron chi connectivity index (χ2n) is 12.5. The van der Waals surface area contributed by atoms with E-state index >= 15 is 0 Å². The molecule has 0 unspecified atom stereocenters. The van der Waals surface area contributed by atoms with Gasteiger partial charge in [-0.3, -0.25) is 4.79 Å². The van der Waals surface area contributed by atoms with Crippen molar-refractivity contribution in [3.8, 4) is 11.3 Å². The molecule has 0 saturated heterocycles. The van der Waals surface area contributed by atoms with Crippen LogP contribution in [0.2, 0.25) is 0 Å². The van der Waals surface area contributed by atoms with Gasteiger partial charge in [0.1, 0.15) is 5.76 Å². The molecule has 41 heavy (non-hydrogen) atoms. The molecule has 3 nitrogen and oxygen atoms in total. The Hall–Kier alpha value is -2.81. The van der Waals surface area contributed by atoms with Crippen molar-refractivity contribution >= 4 is 27.3 Å². The summed E-state index contributed by atoms with van der Waals surface area (Å²) in [5.74, 6) is 0.658. The van der Waals surface area contributed by atoms with Crippen molar-refractivity contribution < 1.29 is 30.0 Å². The Kier molecular flexibility index (Phi) is 11.7. The Morgan fingerprint density at radius 1 is 0.951 bits per heavy atom. The average Bonchev–Trinajstić information content (AvgIpc) is 2.91. The number of ketones is 1. The molecule has 0 aliphatic carbocycles. The minimum atomic E-state index is -0.377. The Morgan fingerprint density at radius 3 is 2.17 bits per heavy atom. The fourth-order valence-corrected chi connectivity index (χ4v) is 4.65. The second-order valence-corrected chi connectivity index (χ2v) is 12.5. The zero-order valence-corrected chi connectivity index (χ0v) is 28.8. The third-order valence-electron chi connectivity index (χ3n) is 8.22. The first-order chi connectivity index (χ1) is 18.7. The molecule has 1 radical (unpaired) electrons. The molecule has 1 aromatic heterocycles. The molecule has 0 aliphatic rings. The van der Waals surface area contributed by atoms with Gasteiger partial charge in [0, 0.05) is 43.2 Å². The largest absolute Gasteiger partial charge is 0.512 e. The van der Waals surface area contributed by atoms with Crippen LogP contribution in [0.15, 0.2) is 66.6 Å². The van der Waals surface area contributed by atoms with Crippen LogP contribution in [-0.2, 0) is 24.9 Å². The number of allylic oxidation sites excluding steroid dienone is 2. The number of benzene rings is 3. The summed E-state index contributed by atoms with van der Waals surface area (Å²) in [4.78, 5) is 16.6. The number of hydrogen-bond donors (Lipinski definition) is 1. The van der Waals surface area contributed by atoms with Crippen molar-refractivity contribution in [1.82, 2.24) is 4.98 Å². The van der Waals surface area contributed by atoms with E-state index in [4.69, 9.17) is 4.98 Å². The predicted molar refractivity (Wildman–Crippen MR) is 171 cm³/mol. The average molecular weight is 729 g/mol. The molecule has 0 spiro atoms. The van der Waals surface area contributed by atoms with Crippen molar-refractivity contribution in [3.63, 3.8) is 0 Å². The molecule has 0 bridgehead atoms. The maximum absolute atomic E-state index is 11.8. The maximum Gasteiger partial charge on any atom is 0.164 e. The molecule has 0 amide bonds. The van der Waals surface area contributed by atoms with E-state index in [9.17, 15) is 9.90 Å². The topological polar surface area (TPSA) is 50.2 Å². The fourth-order valence-electron chi connectivity index (χ4n) is 4.65. The quantitative estimate of drug-likeness (QED) is 0.0892. The van der Waals surface area contributed by atoms with Crippen molar-refractivity contribution in [2.75, 3.05) is 0 Å². The molecule has 4 aromatic rings. The molecule has 1 N–H and O–H groups in total. The summed E-state index contributed by atoms with van der Waals surface area (Å²) in [6.45, 7) is 20.4. The van der Waals surface area contributed by atoms with Gasteiger partial charge in [0.15, 0.2) is 5.78 Å². The van der Waals surface area contributed by atoms with Crippen molar-refractivity contribution in [3.05, 3.63) is 89.3 Å². The summed E-state index contributed by atoms with van der Waals surface area (Å²) in [6, 6.07) is 21.0. The SMILES string of the molecule is CCC(C)(C)C(=O)/C=C(\O)C(C)(C)CC.Cc1[c-]c(-c2nccc3c(C(C)C)cc4ccccc4c23)cc(C)c1.[Ir]. The van der Waals surface area contributed by atoms with Gasteiger partial charge < -0.3 is 10.1 Å². The van der Waals surface area contributed by atoms with E-state index in [2.05, 4.69) is 82.3 Å². The Bertz CT molecular complexity index is 1530. The predicted octanol–water partition coefficient (Wildman–Crippen LogP) is 10.5. The van der Waals surface area contributed by atoms with E-state index in [0.29, 0.717) is 5.92 Å². The van der Waals surface area contributed by atoms with E-state index in [1.165, 1.54) is 38.7 Å². The molecule has 4 rings (SSSR count). The standard InChI is InChI=1S/C24H22N.C13H24O2.Ir/c1-15(2)22-14-18-7-5-6-8-20(18)23-21(22)9-10-25-24(23)19-12-16(3)11-17(4)13-19;1-7-12(3,4)10(14)9-11(15)13(5,6)8-2;/h5-12,14-15H,1-4H3;9,14H,7-8H2,1-6H3;/q-1;;/b;10-9-;. The van der Waals surface area contributed by atoms with Crippen molar-refractivity contribution in [2.45, 2.75) is 88.0 Å². The third-order valence-corrected chi connectivity index (χ3v) is 8.22. The zero-order valence-electron chi connectivity index (χ0n) is 26.4. The summed E-state index contributed by atoms with van der Waals surface area (Å²) in [7, 11) is 0. The number of fused-ring (bicyclic) bond motifs is 3. The number of aliphatic hydroxyl groups excluding tert-OH is 1. The minimum absolute atomic E-state index is 0. The summed E-state index contributed by atoms with van der Waals surface area (Å²) >= 11 is 0. The van der Waals surface area contributed by atoms with Crippen molar-refractivity contribution in [1.29, 1.82) is 0 Å². The second kappa shape index (κ2) is 13.9. The molecule has 0 atom stereocenters. The minimum Gasteiger partial charge on any atom is -0.512 e. The number of aryl methyl sites for hydroxylation is 2. The Labute approximate surface area is 260 Å². The molecule has 0 saturated carbocycles. The molecule has 0 fully saturated rings. The molecular weight excluding hydrogens is 683 g/mol. The third kappa shape index (κ3) is 7.93. The van der Waals surface area contributed by atoms with Gasteiger partial charge in [0.25, 0.3) is 0 Å². The molecule has 0 aliphatic heterocycles. The number of aliphatic hydroxyl groups is 1. The van der Waals surface area contributed by atoms with Gasteiger partial charge in [-0.05, 0) is 57.6 Å². The summed E-state index contributed by atoms with van der Waals surface area (Å²) in [6.07, 6.45) is 4.92. The van der Waals surface area contributed by atoms with Crippen LogP contribution in [0.3, 0.4) is 0 Å². The molecule has 221 valence electrons. The fraction of sp³-hybridized carbons (Fsp3) is 0.405. The monoisotopic (exact) mass is 729 g/mol. The molecule has 3 aromatic carbocycles. The van der Waals surface area contributed by atoms with Crippen LogP contribution in [-0.4, -0.2) is 15.9 Å². The van der Waals surface area contributed by atoms with Crippen molar-refractivity contribution in [2.24, 2.45) is 10.8 Å². The molecular formula is C37H46IrNO2-. The van der Waals surface area contributed by atoms with Crippen LogP contribution in [0, 0.1) is 30.7 Å². The number of hydrogen-bond acceptors (Lipinski definition) is 3. The van der Waals surface area contributed by atoms with Gasteiger partial charge in [-0.2, -0.15) is 0 Å². The first kappa shape index (κ1) is 34.4. The Morgan fingerprint density at radius 2 is 1.59 bits per heavy atom. The van der Waals surface area contributed by atoms with E-state index in [-0.39, 0.29) is 42.5 Å². The maximum atomic E-state index is 11.8. The summed E-state index contributed by atoms with van der Waals surface area (Å²) < 4.78 is 0. The van der Waals surface area contributed by atoms with E-state index < -0.39 is 0 Å². The number of carbonyl (C=O) groups is 1. The number of rotatable bonds is 7. The van der Waals surface area contributed by atoms with E-state index in [1.54, 1.807) is 0 Å². The van der Waals surface area contributed by atoms with E-state index in [0.717, 1.165) is 29.7 Å². The van der Waals surface area contributed by atoms with Gasteiger partial charge in [-0.15, -0.1) is 34.9 Å². The smallest absolute Gasteiger partial charge is 0.164 e. The normalized spacial score (nSPS) is 12.2.